The third kappa shape index (κ3) is 5.12. The molecule has 1 saturated carbocycles. The lowest BCUT2D eigenvalue weighted by Gasteiger charge is -2.40. The zero-order valence-corrected chi connectivity index (χ0v) is 10.7. The van der Waals surface area contributed by atoms with Gasteiger partial charge in [0, 0.05) is 5.54 Å². The van der Waals surface area contributed by atoms with Crippen molar-refractivity contribution in [2.24, 2.45) is 0 Å². The van der Waals surface area contributed by atoms with E-state index < -0.39 is 12.6 Å². The van der Waals surface area contributed by atoms with Gasteiger partial charge in [0.2, 0.25) is 0 Å². The van der Waals surface area contributed by atoms with E-state index in [1.54, 1.807) is 0 Å². The molecule has 108 valence electrons. The summed E-state index contributed by atoms with van der Waals surface area (Å²) >= 11 is 0. The molecule has 0 spiro atoms. The minimum absolute atomic E-state index is 0.0000289. The van der Waals surface area contributed by atoms with Gasteiger partial charge in [0.15, 0.2) is 0 Å². The Kier molecular flexibility index (Phi) is 5.88. The van der Waals surface area contributed by atoms with Crippen molar-refractivity contribution in [1.29, 1.82) is 0 Å². The van der Waals surface area contributed by atoms with E-state index in [0.717, 1.165) is 25.8 Å². The van der Waals surface area contributed by atoms with Crippen LogP contribution in [0.5, 0.6) is 0 Å². The molecule has 0 saturated heterocycles. The van der Waals surface area contributed by atoms with Gasteiger partial charge in [-0.25, -0.2) is 0 Å². The SMILES string of the molecule is CCNC1(CO)CCCC(OCCC(F)(F)F)C1. The molecule has 2 atom stereocenters. The second-order valence-corrected chi connectivity index (χ2v) is 4.92. The first-order chi connectivity index (χ1) is 8.41. The van der Waals surface area contributed by atoms with Crippen LogP contribution >= 0.6 is 0 Å². The van der Waals surface area contributed by atoms with Gasteiger partial charge in [-0.3, -0.25) is 0 Å². The molecule has 0 aromatic rings. The Morgan fingerprint density at radius 1 is 1.44 bits per heavy atom. The number of ether oxygens (including phenoxy) is 1. The normalized spacial score (nSPS) is 29.5. The Morgan fingerprint density at radius 3 is 2.72 bits per heavy atom. The lowest BCUT2D eigenvalue weighted by Crippen LogP contribution is -2.53. The molecule has 1 fully saturated rings. The summed E-state index contributed by atoms with van der Waals surface area (Å²) in [5.41, 5.74) is -0.379. The highest BCUT2D eigenvalue weighted by molar-refractivity contribution is 4.93. The van der Waals surface area contributed by atoms with Crippen LogP contribution in [0.1, 0.15) is 39.0 Å². The van der Waals surface area contributed by atoms with E-state index in [1.165, 1.54) is 0 Å². The van der Waals surface area contributed by atoms with Crippen LogP contribution in [0.2, 0.25) is 0 Å². The second-order valence-electron chi connectivity index (χ2n) is 4.92. The average molecular weight is 269 g/mol. The number of hydrogen-bond acceptors (Lipinski definition) is 3. The van der Waals surface area contributed by atoms with Gasteiger partial charge in [0.1, 0.15) is 0 Å². The summed E-state index contributed by atoms with van der Waals surface area (Å²) in [5.74, 6) is 0. The highest BCUT2D eigenvalue weighted by Gasteiger charge is 2.36. The largest absolute Gasteiger partial charge is 0.394 e. The first-order valence-corrected chi connectivity index (χ1v) is 6.45. The van der Waals surface area contributed by atoms with E-state index in [-0.39, 0.29) is 24.9 Å². The predicted molar refractivity (Wildman–Crippen MR) is 62.4 cm³/mol. The molecule has 18 heavy (non-hydrogen) atoms. The fourth-order valence-electron chi connectivity index (χ4n) is 2.53. The van der Waals surface area contributed by atoms with Gasteiger partial charge in [-0.2, -0.15) is 13.2 Å². The van der Waals surface area contributed by atoms with E-state index in [2.05, 4.69) is 5.32 Å². The van der Waals surface area contributed by atoms with Crippen LogP contribution in [0, 0.1) is 0 Å². The van der Waals surface area contributed by atoms with Crippen molar-refractivity contribution in [3.63, 3.8) is 0 Å². The highest BCUT2D eigenvalue weighted by Crippen LogP contribution is 2.30. The maximum absolute atomic E-state index is 12.0. The number of likely N-dealkylation sites (N-methyl/N-ethyl adjacent to an activating group) is 1. The number of hydrogen-bond donors (Lipinski definition) is 2. The number of alkyl halides is 3. The lowest BCUT2D eigenvalue weighted by molar-refractivity contribution is -0.151. The Hall–Kier alpha value is -0.330. The highest BCUT2D eigenvalue weighted by atomic mass is 19.4. The summed E-state index contributed by atoms with van der Waals surface area (Å²) in [6.45, 7) is 2.39. The number of halogens is 3. The molecule has 0 heterocycles. The molecule has 1 aliphatic rings. The molecule has 2 N–H and O–H groups in total. The molecule has 3 nitrogen and oxygen atoms in total. The Morgan fingerprint density at radius 2 is 2.17 bits per heavy atom. The number of nitrogens with one attached hydrogen (secondary N) is 1. The number of rotatable bonds is 6. The van der Waals surface area contributed by atoms with Gasteiger partial charge in [-0.15, -0.1) is 0 Å². The number of aliphatic hydroxyl groups excluding tert-OH is 1. The molecular formula is C12H22F3NO2. The summed E-state index contributed by atoms with van der Waals surface area (Å²) < 4.78 is 41.3. The standard InChI is InChI=1S/C12H22F3NO2/c1-2-16-11(9-17)5-3-4-10(8-11)18-7-6-12(13,14)15/h10,16-17H,2-9H2,1H3. The third-order valence-corrected chi connectivity index (χ3v) is 3.39. The van der Waals surface area contributed by atoms with Gasteiger partial charge in [0.25, 0.3) is 0 Å². The molecule has 6 heteroatoms. The zero-order valence-electron chi connectivity index (χ0n) is 10.7. The third-order valence-electron chi connectivity index (χ3n) is 3.39. The van der Waals surface area contributed by atoms with Crippen LogP contribution in [-0.2, 0) is 4.74 Å². The van der Waals surface area contributed by atoms with E-state index in [0.29, 0.717) is 6.42 Å². The average Bonchev–Trinajstić information content (AvgIpc) is 2.28. The van der Waals surface area contributed by atoms with Crippen molar-refractivity contribution >= 4 is 0 Å². The van der Waals surface area contributed by atoms with Crippen molar-refractivity contribution in [3.8, 4) is 0 Å². The Balaban J connectivity index is 2.38. The van der Waals surface area contributed by atoms with E-state index in [1.807, 2.05) is 6.92 Å². The predicted octanol–water partition coefficient (Wildman–Crippen LogP) is 2.24. The Labute approximate surface area is 106 Å². The first-order valence-electron chi connectivity index (χ1n) is 6.45. The minimum atomic E-state index is -4.16. The molecule has 0 radical (unpaired) electrons. The van der Waals surface area contributed by atoms with E-state index in [4.69, 9.17) is 4.74 Å². The monoisotopic (exact) mass is 269 g/mol. The van der Waals surface area contributed by atoms with Gasteiger partial charge >= 0.3 is 6.18 Å². The van der Waals surface area contributed by atoms with E-state index >= 15 is 0 Å². The Bertz CT molecular complexity index is 244. The molecule has 1 rings (SSSR count). The van der Waals surface area contributed by atoms with Crippen LogP contribution in [0.3, 0.4) is 0 Å². The molecule has 0 amide bonds. The van der Waals surface area contributed by atoms with Gasteiger partial charge in [0.05, 0.1) is 25.7 Å². The van der Waals surface area contributed by atoms with Gasteiger partial charge < -0.3 is 15.2 Å². The zero-order chi connectivity index (χ0) is 13.6. The fraction of sp³-hybridized carbons (Fsp3) is 1.00. The molecule has 1 aliphatic carbocycles. The van der Waals surface area contributed by atoms with Crippen LogP contribution in [0.4, 0.5) is 13.2 Å². The van der Waals surface area contributed by atoms with Crippen LogP contribution in [0.25, 0.3) is 0 Å². The minimum Gasteiger partial charge on any atom is -0.394 e. The second kappa shape index (κ2) is 6.73. The van der Waals surface area contributed by atoms with Crippen LogP contribution in [-0.4, -0.2) is 42.7 Å². The van der Waals surface area contributed by atoms with Crippen molar-refractivity contribution in [1.82, 2.24) is 5.32 Å². The fourth-order valence-corrected chi connectivity index (χ4v) is 2.53. The molecule has 0 bridgehead atoms. The van der Waals surface area contributed by atoms with Gasteiger partial charge in [-0.05, 0) is 32.2 Å². The topological polar surface area (TPSA) is 41.5 Å². The summed E-state index contributed by atoms with van der Waals surface area (Å²) in [7, 11) is 0. The molecule has 0 aliphatic heterocycles. The van der Waals surface area contributed by atoms with Gasteiger partial charge in [-0.1, -0.05) is 6.92 Å². The molecular weight excluding hydrogens is 247 g/mol. The first kappa shape index (κ1) is 15.7. The smallest absolute Gasteiger partial charge is 0.391 e. The van der Waals surface area contributed by atoms with Crippen molar-refractivity contribution in [2.45, 2.75) is 56.8 Å². The summed E-state index contributed by atoms with van der Waals surface area (Å²) in [6, 6.07) is 0. The molecule has 0 aromatic heterocycles. The maximum atomic E-state index is 12.0. The van der Waals surface area contributed by atoms with Crippen molar-refractivity contribution in [3.05, 3.63) is 0 Å². The molecule has 2 unspecified atom stereocenters. The summed E-state index contributed by atoms with van der Waals surface area (Å²) in [5, 5.41) is 12.7. The number of aliphatic hydroxyl groups is 1. The van der Waals surface area contributed by atoms with Crippen LogP contribution in [0.15, 0.2) is 0 Å². The lowest BCUT2D eigenvalue weighted by atomic mass is 9.80. The summed E-state index contributed by atoms with van der Waals surface area (Å²) in [6.07, 6.45) is -2.20. The molecule has 0 aromatic carbocycles. The van der Waals surface area contributed by atoms with Crippen LogP contribution < -0.4 is 5.32 Å². The summed E-state index contributed by atoms with van der Waals surface area (Å²) in [4.78, 5) is 0. The maximum Gasteiger partial charge on any atom is 0.391 e. The van der Waals surface area contributed by atoms with Crippen molar-refractivity contribution < 1.29 is 23.0 Å². The quantitative estimate of drug-likeness (QED) is 0.777. The van der Waals surface area contributed by atoms with Crippen molar-refractivity contribution in [2.75, 3.05) is 19.8 Å². The van der Waals surface area contributed by atoms with E-state index in [9.17, 15) is 18.3 Å².